The molecule has 2 aromatic rings. The van der Waals surface area contributed by atoms with Crippen LogP contribution in [0.15, 0.2) is 36.4 Å². The van der Waals surface area contributed by atoms with Crippen LogP contribution in [0.1, 0.15) is 27.0 Å². The Morgan fingerprint density at radius 3 is 2.21 bits per heavy atom. The van der Waals surface area contributed by atoms with E-state index in [0.717, 1.165) is 16.8 Å². The monoisotopic (exact) mass is 343 g/mol. The Hall–Kier alpha value is -2.80. The van der Waals surface area contributed by atoms with Gasteiger partial charge in [0.25, 0.3) is 11.6 Å². The van der Waals surface area contributed by atoms with Crippen molar-refractivity contribution in [3.63, 3.8) is 0 Å². The molecule has 0 aliphatic carbocycles. The fraction of sp³-hybridized carbons (Fsp3) is 0.176. The van der Waals surface area contributed by atoms with Crippen LogP contribution in [-0.4, -0.2) is 15.9 Å². The molecular weight excluding hydrogens is 326 g/mol. The lowest BCUT2D eigenvalue weighted by atomic mass is 10.1. The Morgan fingerprint density at radius 2 is 1.62 bits per heavy atom. The molecule has 0 aliphatic rings. The van der Waals surface area contributed by atoms with Crippen LogP contribution in [0, 0.1) is 30.9 Å². The Kier molecular flexibility index (Phi) is 5.25. The minimum absolute atomic E-state index is 0.0713. The summed E-state index contributed by atoms with van der Waals surface area (Å²) in [7, 11) is 0. The SMILES string of the molecule is Cc1cc(C)c(NC(=S)NC(=O)c2ccc([N+](=O)[O-])cc2)cc1C. The molecule has 0 saturated carbocycles. The lowest BCUT2D eigenvalue weighted by Crippen LogP contribution is -2.34. The van der Waals surface area contributed by atoms with Gasteiger partial charge in [-0.15, -0.1) is 0 Å². The van der Waals surface area contributed by atoms with Crippen LogP contribution < -0.4 is 10.6 Å². The van der Waals surface area contributed by atoms with E-state index in [1.54, 1.807) is 0 Å². The maximum Gasteiger partial charge on any atom is 0.269 e. The van der Waals surface area contributed by atoms with E-state index in [0.29, 0.717) is 5.56 Å². The van der Waals surface area contributed by atoms with Gasteiger partial charge in [0.15, 0.2) is 5.11 Å². The zero-order chi connectivity index (χ0) is 17.9. The number of carbonyl (C=O) groups is 1. The van der Waals surface area contributed by atoms with Crippen molar-refractivity contribution in [3.8, 4) is 0 Å². The van der Waals surface area contributed by atoms with Crippen LogP contribution in [0.4, 0.5) is 11.4 Å². The first-order valence-corrected chi connectivity index (χ1v) is 7.63. The number of aryl methyl sites for hydroxylation is 3. The molecule has 1 amide bonds. The lowest BCUT2D eigenvalue weighted by molar-refractivity contribution is -0.384. The Balaban J connectivity index is 2.05. The quantitative estimate of drug-likeness (QED) is 0.505. The lowest BCUT2D eigenvalue weighted by Gasteiger charge is -2.13. The van der Waals surface area contributed by atoms with Crippen molar-refractivity contribution in [1.29, 1.82) is 0 Å². The molecule has 0 unspecified atom stereocenters. The molecule has 0 aromatic heterocycles. The van der Waals surface area contributed by atoms with Crippen molar-refractivity contribution in [2.75, 3.05) is 5.32 Å². The number of nitro groups is 1. The number of thiocarbonyl (C=S) groups is 1. The minimum Gasteiger partial charge on any atom is -0.332 e. The molecule has 0 spiro atoms. The van der Waals surface area contributed by atoms with Crippen LogP contribution in [-0.2, 0) is 0 Å². The summed E-state index contributed by atoms with van der Waals surface area (Å²) in [6.07, 6.45) is 0. The molecule has 6 nitrogen and oxygen atoms in total. The van der Waals surface area contributed by atoms with Gasteiger partial charge in [0.2, 0.25) is 0 Å². The van der Waals surface area contributed by atoms with Crippen LogP contribution in [0.25, 0.3) is 0 Å². The largest absolute Gasteiger partial charge is 0.332 e. The second kappa shape index (κ2) is 7.18. The summed E-state index contributed by atoms with van der Waals surface area (Å²) < 4.78 is 0. The van der Waals surface area contributed by atoms with Crippen molar-refractivity contribution in [1.82, 2.24) is 5.32 Å². The van der Waals surface area contributed by atoms with Crippen molar-refractivity contribution in [3.05, 3.63) is 68.8 Å². The fourth-order valence-electron chi connectivity index (χ4n) is 2.16. The summed E-state index contributed by atoms with van der Waals surface area (Å²) >= 11 is 5.16. The molecule has 0 fully saturated rings. The third-order valence-electron chi connectivity index (χ3n) is 3.66. The van der Waals surface area contributed by atoms with E-state index in [1.807, 2.05) is 32.9 Å². The number of hydrogen-bond donors (Lipinski definition) is 2. The Labute approximate surface area is 145 Å². The molecule has 0 heterocycles. The summed E-state index contributed by atoms with van der Waals surface area (Å²) in [5.41, 5.74) is 4.36. The second-order valence-electron chi connectivity index (χ2n) is 5.46. The summed E-state index contributed by atoms with van der Waals surface area (Å²) in [6, 6.07) is 9.33. The average molecular weight is 343 g/mol. The third-order valence-corrected chi connectivity index (χ3v) is 3.86. The number of nitrogens with one attached hydrogen (secondary N) is 2. The van der Waals surface area contributed by atoms with Gasteiger partial charge < -0.3 is 5.32 Å². The van der Waals surface area contributed by atoms with Gasteiger partial charge >= 0.3 is 0 Å². The standard InChI is InChI=1S/C17H17N3O3S/c1-10-8-12(3)15(9-11(10)2)18-17(24)19-16(21)13-4-6-14(7-5-13)20(22)23/h4-9H,1-3H3,(H2,18,19,21,24). The predicted molar refractivity (Wildman–Crippen MR) is 97.4 cm³/mol. The summed E-state index contributed by atoms with van der Waals surface area (Å²) in [6.45, 7) is 5.98. The van der Waals surface area contributed by atoms with Gasteiger partial charge in [-0.25, -0.2) is 0 Å². The third kappa shape index (κ3) is 4.14. The summed E-state index contributed by atoms with van der Waals surface area (Å²) in [5.74, 6) is -0.427. The highest BCUT2D eigenvalue weighted by atomic mass is 32.1. The smallest absolute Gasteiger partial charge is 0.269 e. The van der Waals surface area contributed by atoms with E-state index in [4.69, 9.17) is 12.2 Å². The van der Waals surface area contributed by atoms with Crippen molar-refractivity contribution >= 4 is 34.6 Å². The van der Waals surface area contributed by atoms with E-state index in [1.165, 1.54) is 29.8 Å². The number of anilines is 1. The molecule has 2 rings (SSSR count). The van der Waals surface area contributed by atoms with Gasteiger partial charge in [0, 0.05) is 23.4 Å². The number of carbonyl (C=O) groups excluding carboxylic acids is 1. The summed E-state index contributed by atoms with van der Waals surface area (Å²) in [4.78, 5) is 22.2. The molecule has 2 N–H and O–H groups in total. The molecule has 0 bridgehead atoms. The molecule has 124 valence electrons. The Bertz CT molecular complexity index is 817. The molecule has 7 heteroatoms. The van der Waals surface area contributed by atoms with Crippen LogP contribution in [0.2, 0.25) is 0 Å². The first-order valence-electron chi connectivity index (χ1n) is 7.22. The number of non-ortho nitro benzene ring substituents is 1. The van der Waals surface area contributed by atoms with Crippen LogP contribution in [0.5, 0.6) is 0 Å². The van der Waals surface area contributed by atoms with E-state index in [9.17, 15) is 14.9 Å². The number of benzene rings is 2. The van der Waals surface area contributed by atoms with E-state index in [-0.39, 0.29) is 10.8 Å². The van der Waals surface area contributed by atoms with E-state index < -0.39 is 10.8 Å². The number of amides is 1. The number of rotatable bonds is 3. The van der Waals surface area contributed by atoms with Gasteiger partial charge in [-0.05, 0) is 67.9 Å². The van der Waals surface area contributed by atoms with Gasteiger partial charge in [-0.1, -0.05) is 6.07 Å². The number of hydrogen-bond acceptors (Lipinski definition) is 4. The molecule has 24 heavy (non-hydrogen) atoms. The molecule has 0 aliphatic heterocycles. The topological polar surface area (TPSA) is 84.3 Å². The maximum absolute atomic E-state index is 12.1. The highest BCUT2D eigenvalue weighted by molar-refractivity contribution is 7.80. The van der Waals surface area contributed by atoms with E-state index in [2.05, 4.69) is 10.6 Å². The van der Waals surface area contributed by atoms with Crippen LogP contribution >= 0.6 is 12.2 Å². The van der Waals surface area contributed by atoms with Crippen molar-refractivity contribution in [2.45, 2.75) is 20.8 Å². The molecule has 0 atom stereocenters. The van der Waals surface area contributed by atoms with E-state index >= 15 is 0 Å². The highest BCUT2D eigenvalue weighted by Gasteiger charge is 2.11. The van der Waals surface area contributed by atoms with Gasteiger partial charge in [-0.3, -0.25) is 20.2 Å². The van der Waals surface area contributed by atoms with Gasteiger partial charge in [0.1, 0.15) is 0 Å². The Morgan fingerprint density at radius 1 is 1.04 bits per heavy atom. The average Bonchev–Trinajstić information content (AvgIpc) is 2.52. The van der Waals surface area contributed by atoms with Gasteiger partial charge in [-0.2, -0.15) is 0 Å². The first kappa shape index (κ1) is 17.6. The predicted octanol–water partition coefficient (Wildman–Crippen LogP) is 3.65. The molecule has 2 aromatic carbocycles. The van der Waals surface area contributed by atoms with Crippen molar-refractivity contribution < 1.29 is 9.72 Å². The van der Waals surface area contributed by atoms with Crippen LogP contribution in [0.3, 0.4) is 0 Å². The molecule has 0 radical (unpaired) electrons. The zero-order valence-electron chi connectivity index (χ0n) is 13.5. The molecule has 0 saturated heterocycles. The second-order valence-corrected chi connectivity index (χ2v) is 5.87. The minimum atomic E-state index is -0.517. The number of nitro benzene ring substituents is 1. The first-order chi connectivity index (χ1) is 11.3. The highest BCUT2D eigenvalue weighted by Crippen LogP contribution is 2.20. The summed E-state index contributed by atoms with van der Waals surface area (Å²) in [5, 5.41) is 16.4. The fourth-order valence-corrected chi connectivity index (χ4v) is 2.36. The maximum atomic E-state index is 12.1. The van der Waals surface area contributed by atoms with Crippen molar-refractivity contribution in [2.24, 2.45) is 0 Å². The number of nitrogens with zero attached hydrogens (tertiary/aromatic N) is 1. The zero-order valence-corrected chi connectivity index (χ0v) is 14.4. The molecular formula is C17H17N3O3S. The normalized spacial score (nSPS) is 10.1. The van der Waals surface area contributed by atoms with Gasteiger partial charge in [0.05, 0.1) is 4.92 Å².